The Hall–Kier alpha value is -0.840. The van der Waals surface area contributed by atoms with Crippen LogP contribution in [0.5, 0.6) is 0 Å². The van der Waals surface area contributed by atoms with Crippen LogP contribution in [0.1, 0.15) is 16.8 Å². The first-order valence-corrected chi connectivity index (χ1v) is 4.12. The Morgan fingerprint density at radius 3 is 1.93 bits per heavy atom. The number of ether oxygens (including phenoxy) is 1. The van der Waals surface area contributed by atoms with E-state index in [2.05, 4.69) is 4.74 Å². The molecule has 1 heterocycles. The molecule has 15 heavy (non-hydrogen) atoms. The van der Waals surface area contributed by atoms with Gasteiger partial charge in [-0.2, -0.15) is 0 Å². The van der Waals surface area contributed by atoms with Crippen LogP contribution in [0.4, 0.5) is 0 Å². The van der Waals surface area contributed by atoms with E-state index in [9.17, 15) is 14.7 Å². The molecule has 0 spiro atoms. The van der Waals surface area contributed by atoms with Gasteiger partial charge in [0.25, 0.3) is 0 Å². The Bertz CT molecular complexity index is 317. The van der Waals surface area contributed by atoms with Gasteiger partial charge in [-0.1, -0.05) is 30.3 Å². The molecule has 1 saturated heterocycles. The van der Waals surface area contributed by atoms with Gasteiger partial charge in [0.2, 0.25) is 0 Å². The summed E-state index contributed by atoms with van der Waals surface area (Å²) in [5, 5.41) is 10.1. The first-order chi connectivity index (χ1) is 6.70. The molecule has 0 aliphatic carbocycles. The molecule has 1 fully saturated rings. The summed E-state index contributed by atoms with van der Waals surface area (Å²) in [7, 11) is 0. The average molecular weight is 216 g/mol. The zero-order chi connectivity index (χ0) is 10.4. The van der Waals surface area contributed by atoms with Crippen LogP contribution >= 0.6 is 0 Å². The Kier molecular flexibility index (Phi) is 7.03. The maximum Gasteiger partial charge on any atom is 1.00 e. The van der Waals surface area contributed by atoms with Gasteiger partial charge in [-0.25, -0.2) is 0 Å². The number of cyclic esters (lactones) is 1. The van der Waals surface area contributed by atoms with E-state index in [-0.39, 0.29) is 41.1 Å². The minimum atomic E-state index is -1.13. The van der Waals surface area contributed by atoms with Crippen LogP contribution in [0, 0.1) is 0 Å². The van der Waals surface area contributed by atoms with Crippen molar-refractivity contribution in [1.82, 2.24) is 0 Å². The molecule has 1 aliphatic heterocycles. The molecule has 1 aromatic rings. The minimum Gasteiger partial charge on any atom is -0.545 e. The van der Waals surface area contributed by atoms with E-state index in [1.165, 1.54) is 12.1 Å². The molecule has 0 radical (unpaired) electrons. The van der Waals surface area contributed by atoms with Gasteiger partial charge in [0, 0.05) is 0 Å². The van der Waals surface area contributed by atoms with E-state index in [0.717, 1.165) is 0 Å². The fraction of sp³-hybridized carbons (Fsp3) is 0.200. The summed E-state index contributed by atoms with van der Waals surface area (Å²) < 4.78 is 4.29. The molecule has 0 amide bonds. The summed E-state index contributed by atoms with van der Waals surface area (Å²) in [5.74, 6) is -1.19. The molecule has 2 rings (SSSR count). The Morgan fingerprint density at radius 2 is 1.73 bits per heavy atom. The Morgan fingerprint density at radius 1 is 1.27 bits per heavy atom. The molecular weight excluding hydrogens is 207 g/mol. The summed E-state index contributed by atoms with van der Waals surface area (Å²) in [6.45, 7) is 0.638. The average Bonchev–Trinajstić information content (AvgIpc) is 2.17. The maximum atomic E-state index is 10.1. The van der Waals surface area contributed by atoms with Crippen LogP contribution in [0.25, 0.3) is 0 Å². The van der Waals surface area contributed by atoms with Crippen molar-refractivity contribution in [1.29, 1.82) is 0 Å². The third kappa shape index (κ3) is 5.57. The first-order valence-electron chi connectivity index (χ1n) is 4.12. The number of hydrogen-bond acceptors (Lipinski definition) is 4. The van der Waals surface area contributed by atoms with Crippen molar-refractivity contribution in [3.05, 3.63) is 35.9 Å². The number of carbonyl (C=O) groups is 2. The van der Waals surface area contributed by atoms with E-state index < -0.39 is 5.97 Å². The van der Waals surface area contributed by atoms with Crippen LogP contribution in [0.15, 0.2) is 30.3 Å². The third-order valence-electron chi connectivity index (χ3n) is 1.58. The SMILES string of the molecule is O=C([O-])c1ccccc1.O=C1CCO1.[Na+]. The first kappa shape index (κ1) is 14.2. The van der Waals surface area contributed by atoms with Gasteiger partial charge in [-0.3, -0.25) is 4.79 Å². The van der Waals surface area contributed by atoms with E-state index in [0.29, 0.717) is 13.0 Å². The number of hydrogen-bond donors (Lipinski definition) is 0. The van der Waals surface area contributed by atoms with E-state index >= 15 is 0 Å². The number of carboxylic acid groups (broad SMARTS) is 1. The standard InChI is InChI=1S/C7H6O2.C3H4O2.Na/c8-7(9)6-4-2-1-3-5-6;4-3-1-2-5-3;/h1-5H,(H,8,9);1-2H2;/q;;+1/p-1. The van der Waals surface area contributed by atoms with Crippen LogP contribution < -0.4 is 34.7 Å². The molecule has 1 aromatic carbocycles. The number of carboxylic acids is 1. The molecular formula is C10H9NaO4. The van der Waals surface area contributed by atoms with Crippen molar-refractivity contribution < 1.29 is 49.0 Å². The number of rotatable bonds is 1. The van der Waals surface area contributed by atoms with Gasteiger partial charge in [0.1, 0.15) is 6.61 Å². The fourth-order valence-electron chi connectivity index (χ4n) is 0.760. The zero-order valence-electron chi connectivity index (χ0n) is 8.43. The third-order valence-corrected chi connectivity index (χ3v) is 1.58. The van der Waals surface area contributed by atoms with Gasteiger partial charge < -0.3 is 14.6 Å². The van der Waals surface area contributed by atoms with Crippen LogP contribution in [-0.2, 0) is 9.53 Å². The predicted molar refractivity (Wildman–Crippen MR) is 46.3 cm³/mol. The summed E-state index contributed by atoms with van der Waals surface area (Å²) in [5.41, 5.74) is 0.220. The second kappa shape index (κ2) is 7.45. The van der Waals surface area contributed by atoms with Crippen molar-refractivity contribution in [2.24, 2.45) is 0 Å². The smallest absolute Gasteiger partial charge is 0.545 e. The van der Waals surface area contributed by atoms with E-state index in [1.807, 2.05) is 0 Å². The number of esters is 1. The largest absolute Gasteiger partial charge is 1.00 e. The van der Waals surface area contributed by atoms with Crippen molar-refractivity contribution >= 4 is 11.9 Å². The molecule has 0 unspecified atom stereocenters. The van der Waals surface area contributed by atoms with Crippen molar-refractivity contribution in [3.63, 3.8) is 0 Å². The fourth-order valence-corrected chi connectivity index (χ4v) is 0.760. The topological polar surface area (TPSA) is 66.4 Å². The van der Waals surface area contributed by atoms with Crippen LogP contribution in [0.3, 0.4) is 0 Å². The molecule has 4 nitrogen and oxygen atoms in total. The van der Waals surface area contributed by atoms with Gasteiger partial charge in [0.15, 0.2) is 0 Å². The molecule has 1 aliphatic rings. The summed E-state index contributed by atoms with van der Waals surface area (Å²) in [6, 6.07) is 8.06. The van der Waals surface area contributed by atoms with Gasteiger partial charge >= 0.3 is 35.5 Å². The molecule has 74 valence electrons. The monoisotopic (exact) mass is 216 g/mol. The summed E-state index contributed by atoms with van der Waals surface area (Å²) in [6.07, 6.45) is 0.625. The second-order valence-corrected chi connectivity index (χ2v) is 2.62. The van der Waals surface area contributed by atoms with E-state index in [4.69, 9.17) is 0 Å². The second-order valence-electron chi connectivity index (χ2n) is 2.62. The predicted octanol–water partition coefficient (Wildman–Crippen LogP) is -3.01. The van der Waals surface area contributed by atoms with Crippen molar-refractivity contribution in [3.8, 4) is 0 Å². The van der Waals surface area contributed by atoms with Crippen molar-refractivity contribution in [2.45, 2.75) is 6.42 Å². The Labute approximate surface area is 110 Å². The number of carbonyl (C=O) groups excluding carboxylic acids is 2. The van der Waals surface area contributed by atoms with Gasteiger partial charge in [0.05, 0.1) is 12.4 Å². The van der Waals surface area contributed by atoms with Crippen LogP contribution in [-0.4, -0.2) is 18.5 Å². The molecule has 0 aromatic heterocycles. The van der Waals surface area contributed by atoms with E-state index in [1.54, 1.807) is 18.2 Å². The summed E-state index contributed by atoms with van der Waals surface area (Å²) >= 11 is 0. The molecule has 0 bridgehead atoms. The molecule has 0 atom stereocenters. The van der Waals surface area contributed by atoms with Gasteiger partial charge in [-0.05, 0) is 5.56 Å². The molecule has 5 heteroatoms. The zero-order valence-corrected chi connectivity index (χ0v) is 10.4. The normalized spacial score (nSPS) is 12.1. The maximum absolute atomic E-state index is 10.1. The Balaban J connectivity index is 0.000000280. The van der Waals surface area contributed by atoms with Crippen molar-refractivity contribution in [2.75, 3.05) is 6.61 Å². The quantitative estimate of drug-likeness (QED) is 0.370. The minimum absolute atomic E-state index is 0. The van der Waals surface area contributed by atoms with Gasteiger partial charge in [-0.15, -0.1) is 0 Å². The van der Waals surface area contributed by atoms with Crippen LogP contribution in [0.2, 0.25) is 0 Å². The summed E-state index contributed by atoms with van der Waals surface area (Å²) in [4.78, 5) is 19.8. The number of aromatic carboxylic acids is 1. The molecule has 0 N–H and O–H groups in total. The molecule has 0 saturated carbocycles. The number of benzene rings is 1.